The lowest BCUT2D eigenvalue weighted by Gasteiger charge is -2.12. The number of ketones is 1. The highest BCUT2D eigenvalue weighted by Gasteiger charge is 2.17. The molecule has 1 unspecified atom stereocenters. The Morgan fingerprint density at radius 1 is 1.17 bits per heavy atom. The van der Waals surface area contributed by atoms with Crippen LogP contribution in [0.15, 0.2) is 24.3 Å². The molecule has 0 aromatic rings. The van der Waals surface area contributed by atoms with Gasteiger partial charge in [-0.15, -0.1) is 0 Å². The Morgan fingerprint density at radius 3 is 2.39 bits per heavy atom. The van der Waals surface area contributed by atoms with E-state index < -0.39 is 0 Å². The fraction of sp³-hybridized carbons (Fsp3) is 0.706. The molecule has 0 saturated heterocycles. The minimum atomic E-state index is -0.263. The van der Waals surface area contributed by atoms with E-state index >= 15 is 0 Å². The molecule has 0 N–H and O–H groups in total. The van der Waals surface area contributed by atoms with Crippen LogP contribution >= 0.6 is 0 Å². The van der Waals surface area contributed by atoms with Gasteiger partial charge < -0.3 is 0 Å². The lowest BCUT2D eigenvalue weighted by atomic mass is 9.91. The summed E-state index contributed by atoms with van der Waals surface area (Å²) in [6.07, 6.45) is 14.0. The van der Waals surface area contributed by atoms with Gasteiger partial charge >= 0.3 is 0 Å². The van der Waals surface area contributed by atoms with Gasteiger partial charge in [-0.25, -0.2) is 0 Å². The maximum absolute atomic E-state index is 11.6. The molecule has 1 atom stereocenters. The Bertz CT molecular complexity index is 278. The van der Waals surface area contributed by atoms with Crippen molar-refractivity contribution in [2.75, 3.05) is 0 Å². The van der Waals surface area contributed by atoms with E-state index in [1.54, 1.807) is 6.08 Å². The van der Waals surface area contributed by atoms with Crippen LogP contribution in [-0.4, -0.2) is 5.78 Å². The average molecular weight is 250 g/mol. The maximum Gasteiger partial charge on any atom is 0.160 e. The van der Waals surface area contributed by atoms with Crippen LogP contribution in [0.25, 0.3) is 0 Å². The summed E-state index contributed by atoms with van der Waals surface area (Å²) >= 11 is 0. The quantitative estimate of drug-likeness (QED) is 0.324. The number of hydrogen-bond acceptors (Lipinski definition) is 1. The molecule has 0 radical (unpaired) electrons. The van der Waals surface area contributed by atoms with E-state index in [1.165, 1.54) is 25.7 Å². The summed E-state index contributed by atoms with van der Waals surface area (Å²) in [7, 11) is 0. The molecule has 0 aromatic carbocycles. The van der Waals surface area contributed by atoms with Gasteiger partial charge in [-0.1, -0.05) is 72.1 Å². The van der Waals surface area contributed by atoms with Crippen molar-refractivity contribution < 1.29 is 4.79 Å². The molecule has 1 nitrogen and oxygen atoms in total. The Labute approximate surface area is 113 Å². The second-order valence-electron chi connectivity index (χ2n) is 6.20. The zero-order chi connectivity index (χ0) is 14.0. The zero-order valence-electron chi connectivity index (χ0n) is 12.8. The second kappa shape index (κ2) is 9.13. The van der Waals surface area contributed by atoms with Crippen LogP contribution in [-0.2, 0) is 4.79 Å². The molecule has 0 aliphatic heterocycles. The van der Waals surface area contributed by atoms with Crippen molar-refractivity contribution in [1.29, 1.82) is 0 Å². The number of carbonyl (C=O) groups is 1. The third-order valence-corrected chi connectivity index (χ3v) is 3.25. The third kappa shape index (κ3) is 9.21. The minimum Gasteiger partial charge on any atom is -0.294 e. The molecule has 104 valence electrons. The van der Waals surface area contributed by atoms with Crippen LogP contribution in [0.4, 0.5) is 0 Å². The van der Waals surface area contributed by atoms with Crippen LogP contribution in [0.3, 0.4) is 0 Å². The van der Waals surface area contributed by atoms with E-state index in [0.29, 0.717) is 0 Å². The fourth-order valence-electron chi connectivity index (χ4n) is 1.53. The van der Waals surface area contributed by atoms with Gasteiger partial charge in [0.15, 0.2) is 5.78 Å². The first-order valence-electron chi connectivity index (χ1n) is 7.25. The van der Waals surface area contributed by atoms with Gasteiger partial charge in [0.1, 0.15) is 0 Å². The number of hydrogen-bond donors (Lipinski definition) is 0. The van der Waals surface area contributed by atoms with Crippen LogP contribution < -0.4 is 0 Å². The molecular formula is C17H30O. The first-order valence-corrected chi connectivity index (χ1v) is 7.25. The van der Waals surface area contributed by atoms with E-state index in [2.05, 4.69) is 19.9 Å². The first kappa shape index (κ1) is 17.2. The van der Waals surface area contributed by atoms with Crippen molar-refractivity contribution in [3.8, 4) is 0 Å². The van der Waals surface area contributed by atoms with E-state index in [0.717, 1.165) is 12.3 Å². The highest BCUT2D eigenvalue weighted by molar-refractivity contribution is 5.94. The van der Waals surface area contributed by atoms with Gasteiger partial charge in [0, 0.05) is 5.41 Å². The molecule has 0 amide bonds. The lowest BCUT2D eigenvalue weighted by molar-refractivity contribution is -0.121. The summed E-state index contributed by atoms with van der Waals surface area (Å²) in [5.74, 6) is 1.04. The van der Waals surface area contributed by atoms with E-state index in [1.807, 2.05) is 32.9 Å². The normalized spacial score (nSPS) is 14.5. The van der Waals surface area contributed by atoms with Gasteiger partial charge in [-0.2, -0.15) is 0 Å². The molecule has 0 aliphatic rings. The van der Waals surface area contributed by atoms with E-state index in [-0.39, 0.29) is 11.2 Å². The predicted molar refractivity (Wildman–Crippen MR) is 80.7 cm³/mol. The molecule has 0 aromatic heterocycles. The Hall–Kier alpha value is -0.850. The average Bonchev–Trinajstić information content (AvgIpc) is 2.30. The monoisotopic (exact) mass is 250 g/mol. The molecule has 0 aliphatic carbocycles. The second-order valence-corrected chi connectivity index (χ2v) is 6.20. The molecule has 0 saturated carbocycles. The molecule has 0 spiro atoms. The van der Waals surface area contributed by atoms with Crippen molar-refractivity contribution in [3.05, 3.63) is 24.3 Å². The SMILES string of the molecule is CCC(C)CCCC/C=C/C=C\C(=O)C(C)(C)C. The highest BCUT2D eigenvalue weighted by Crippen LogP contribution is 2.15. The van der Waals surface area contributed by atoms with Crippen LogP contribution in [0.2, 0.25) is 0 Å². The Kier molecular flexibility index (Phi) is 8.70. The maximum atomic E-state index is 11.6. The molecule has 18 heavy (non-hydrogen) atoms. The van der Waals surface area contributed by atoms with Crippen molar-refractivity contribution in [3.63, 3.8) is 0 Å². The van der Waals surface area contributed by atoms with Gasteiger partial charge in [0.05, 0.1) is 0 Å². The lowest BCUT2D eigenvalue weighted by Crippen LogP contribution is -2.17. The van der Waals surface area contributed by atoms with Crippen LogP contribution in [0.1, 0.15) is 66.7 Å². The highest BCUT2D eigenvalue weighted by atomic mass is 16.1. The summed E-state index contributed by atoms with van der Waals surface area (Å²) < 4.78 is 0. The first-order chi connectivity index (χ1) is 8.38. The largest absolute Gasteiger partial charge is 0.294 e. The molecule has 1 heteroatoms. The minimum absolute atomic E-state index is 0.184. The number of unbranched alkanes of at least 4 members (excludes halogenated alkanes) is 2. The Morgan fingerprint density at radius 2 is 1.83 bits per heavy atom. The van der Waals surface area contributed by atoms with Crippen LogP contribution in [0, 0.1) is 11.3 Å². The van der Waals surface area contributed by atoms with E-state index in [4.69, 9.17) is 0 Å². The molecule has 0 bridgehead atoms. The van der Waals surface area contributed by atoms with Crippen molar-refractivity contribution in [2.24, 2.45) is 11.3 Å². The summed E-state index contributed by atoms with van der Waals surface area (Å²) in [6.45, 7) is 10.4. The standard InChI is InChI=1S/C17H30O/c1-6-15(2)13-11-9-7-8-10-12-14-16(18)17(3,4)5/h8,10,12,14-15H,6-7,9,11,13H2,1-5H3/b10-8+,14-12-. The molecular weight excluding hydrogens is 220 g/mol. The van der Waals surface area contributed by atoms with Crippen molar-refractivity contribution in [2.45, 2.75) is 66.7 Å². The zero-order valence-corrected chi connectivity index (χ0v) is 12.8. The van der Waals surface area contributed by atoms with Gasteiger partial charge in [-0.05, 0) is 24.8 Å². The Balaban J connectivity index is 3.67. The number of allylic oxidation sites excluding steroid dienone is 4. The van der Waals surface area contributed by atoms with Gasteiger partial charge in [0.25, 0.3) is 0 Å². The third-order valence-electron chi connectivity index (χ3n) is 3.25. The summed E-state index contributed by atoms with van der Waals surface area (Å²) in [5, 5.41) is 0. The van der Waals surface area contributed by atoms with Crippen LogP contribution in [0.5, 0.6) is 0 Å². The topological polar surface area (TPSA) is 17.1 Å². The van der Waals surface area contributed by atoms with E-state index in [9.17, 15) is 4.79 Å². The number of carbonyl (C=O) groups excluding carboxylic acids is 1. The number of rotatable bonds is 8. The molecule has 0 heterocycles. The summed E-state index contributed by atoms with van der Waals surface area (Å²) in [5.41, 5.74) is -0.263. The molecule has 0 fully saturated rings. The summed E-state index contributed by atoms with van der Waals surface area (Å²) in [4.78, 5) is 11.6. The van der Waals surface area contributed by atoms with Gasteiger partial charge in [-0.3, -0.25) is 4.79 Å². The molecule has 0 rings (SSSR count). The van der Waals surface area contributed by atoms with Gasteiger partial charge in [0.2, 0.25) is 0 Å². The summed E-state index contributed by atoms with van der Waals surface area (Å²) in [6, 6.07) is 0. The fourth-order valence-corrected chi connectivity index (χ4v) is 1.53. The predicted octanol–water partition coefficient (Wildman–Crippen LogP) is 5.32. The van der Waals surface area contributed by atoms with Crippen molar-refractivity contribution in [1.82, 2.24) is 0 Å². The van der Waals surface area contributed by atoms with Crippen molar-refractivity contribution >= 4 is 5.78 Å². The smallest absolute Gasteiger partial charge is 0.160 e.